The van der Waals surface area contributed by atoms with E-state index >= 15 is 0 Å². The van der Waals surface area contributed by atoms with Crippen molar-refractivity contribution >= 4 is 27.8 Å². The van der Waals surface area contributed by atoms with E-state index in [2.05, 4.69) is 15.9 Å². The average Bonchev–Trinajstić information content (AvgIpc) is 3.20. The zero-order chi connectivity index (χ0) is 14.0. The summed E-state index contributed by atoms with van der Waals surface area (Å²) in [4.78, 5) is 24.9. The monoisotopic (exact) mass is 325 g/mol. The highest BCUT2D eigenvalue weighted by Gasteiger charge is 2.36. The molecule has 1 unspecified atom stereocenters. The van der Waals surface area contributed by atoms with E-state index in [4.69, 9.17) is 5.11 Å². The maximum atomic E-state index is 12.2. The molecule has 5 heteroatoms. The van der Waals surface area contributed by atoms with Crippen LogP contribution in [0.25, 0.3) is 0 Å². The van der Waals surface area contributed by atoms with Crippen LogP contribution in [0.3, 0.4) is 0 Å². The number of amides is 1. The number of carboxylic acid groups (broad SMARTS) is 1. The SMILES string of the molecule is CC(C(=O)O)C(=O)N(Cc1ccccc1Br)C1CC1. The number of hydrogen-bond donors (Lipinski definition) is 1. The first-order valence-corrected chi connectivity index (χ1v) is 7.06. The summed E-state index contributed by atoms with van der Waals surface area (Å²) in [6, 6.07) is 7.89. The average molecular weight is 326 g/mol. The minimum atomic E-state index is -1.07. The lowest BCUT2D eigenvalue weighted by Crippen LogP contribution is -2.39. The van der Waals surface area contributed by atoms with Gasteiger partial charge in [0.25, 0.3) is 0 Å². The topological polar surface area (TPSA) is 57.6 Å². The molecule has 0 aromatic heterocycles. The van der Waals surface area contributed by atoms with E-state index in [-0.39, 0.29) is 11.9 Å². The van der Waals surface area contributed by atoms with Crippen LogP contribution in [-0.4, -0.2) is 27.9 Å². The molecule has 19 heavy (non-hydrogen) atoms. The van der Waals surface area contributed by atoms with Crippen molar-refractivity contribution in [1.82, 2.24) is 4.90 Å². The summed E-state index contributed by atoms with van der Waals surface area (Å²) in [5.74, 6) is -2.35. The van der Waals surface area contributed by atoms with Crippen LogP contribution in [0.4, 0.5) is 0 Å². The van der Waals surface area contributed by atoms with Crippen LogP contribution in [-0.2, 0) is 16.1 Å². The van der Waals surface area contributed by atoms with Crippen LogP contribution in [0.15, 0.2) is 28.7 Å². The molecule has 0 spiro atoms. The number of halogens is 1. The second-order valence-electron chi connectivity index (χ2n) is 4.85. The Morgan fingerprint density at radius 2 is 2.05 bits per heavy atom. The summed E-state index contributed by atoms with van der Waals surface area (Å²) in [6.45, 7) is 1.91. The van der Waals surface area contributed by atoms with E-state index in [9.17, 15) is 9.59 Å². The zero-order valence-electron chi connectivity index (χ0n) is 10.7. The smallest absolute Gasteiger partial charge is 0.315 e. The minimum Gasteiger partial charge on any atom is -0.481 e. The van der Waals surface area contributed by atoms with Crippen LogP contribution in [0, 0.1) is 5.92 Å². The molecule has 1 N–H and O–H groups in total. The molecule has 102 valence electrons. The van der Waals surface area contributed by atoms with Crippen molar-refractivity contribution in [3.63, 3.8) is 0 Å². The molecule has 1 amide bonds. The van der Waals surface area contributed by atoms with Crippen LogP contribution >= 0.6 is 15.9 Å². The summed E-state index contributed by atoms with van der Waals surface area (Å²) in [7, 11) is 0. The molecule has 0 bridgehead atoms. The highest BCUT2D eigenvalue weighted by Crippen LogP contribution is 2.31. The van der Waals surface area contributed by atoms with Crippen LogP contribution in [0.2, 0.25) is 0 Å². The molecule has 0 radical (unpaired) electrons. The molecule has 1 saturated carbocycles. The van der Waals surface area contributed by atoms with E-state index in [0.717, 1.165) is 22.9 Å². The quantitative estimate of drug-likeness (QED) is 0.847. The van der Waals surface area contributed by atoms with Crippen LogP contribution in [0.5, 0.6) is 0 Å². The van der Waals surface area contributed by atoms with Gasteiger partial charge in [0, 0.05) is 17.1 Å². The van der Waals surface area contributed by atoms with E-state index in [1.807, 2.05) is 24.3 Å². The first kappa shape index (κ1) is 14.1. The molecular weight excluding hydrogens is 310 g/mol. The van der Waals surface area contributed by atoms with Gasteiger partial charge in [-0.3, -0.25) is 9.59 Å². The largest absolute Gasteiger partial charge is 0.481 e. The zero-order valence-corrected chi connectivity index (χ0v) is 12.3. The van der Waals surface area contributed by atoms with E-state index in [1.165, 1.54) is 6.92 Å². The molecule has 1 atom stereocenters. The number of benzene rings is 1. The summed E-state index contributed by atoms with van der Waals surface area (Å²) in [5, 5.41) is 8.97. The third-order valence-electron chi connectivity index (χ3n) is 3.31. The third-order valence-corrected chi connectivity index (χ3v) is 4.08. The van der Waals surface area contributed by atoms with Gasteiger partial charge < -0.3 is 10.0 Å². The molecule has 1 aliphatic rings. The number of rotatable bonds is 5. The van der Waals surface area contributed by atoms with Gasteiger partial charge in [-0.25, -0.2) is 0 Å². The molecule has 0 saturated heterocycles. The fourth-order valence-corrected chi connectivity index (χ4v) is 2.35. The van der Waals surface area contributed by atoms with Crippen molar-refractivity contribution in [3.8, 4) is 0 Å². The molecule has 4 nitrogen and oxygen atoms in total. The van der Waals surface area contributed by atoms with Gasteiger partial charge in [-0.05, 0) is 31.4 Å². The predicted molar refractivity (Wildman–Crippen MR) is 74.5 cm³/mol. The number of aliphatic carboxylic acids is 1. The molecule has 0 heterocycles. The number of carbonyl (C=O) groups is 2. The van der Waals surface area contributed by atoms with Crippen molar-refractivity contribution in [2.75, 3.05) is 0 Å². The van der Waals surface area contributed by atoms with Crippen molar-refractivity contribution in [2.24, 2.45) is 5.92 Å². The van der Waals surface area contributed by atoms with Gasteiger partial charge in [0.1, 0.15) is 5.92 Å². The Hall–Kier alpha value is -1.36. The predicted octanol–water partition coefficient (Wildman–Crippen LogP) is 2.66. The number of carbonyl (C=O) groups excluding carboxylic acids is 1. The fourth-order valence-electron chi connectivity index (χ4n) is 1.94. The first-order chi connectivity index (χ1) is 9.00. The highest BCUT2D eigenvalue weighted by molar-refractivity contribution is 9.10. The van der Waals surface area contributed by atoms with Gasteiger partial charge in [-0.15, -0.1) is 0 Å². The number of carboxylic acids is 1. The van der Waals surface area contributed by atoms with Crippen molar-refractivity contribution in [1.29, 1.82) is 0 Å². The van der Waals surface area contributed by atoms with Gasteiger partial charge in [0.05, 0.1) is 0 Å². The maximum absolute atomic E-state index is 12.2. The standard InChI is InChI=1S/C14H16BrNO3/c1-9(14(18)19)13(17)16(11-6-7-11)8-10-4-2-3-5-12(10)15/h2-5,9,11H,6-8H2,1H3,(H,18,19). The van der Waals surface area contributed by atoms with Crippen LogP contribution < -0.4 is 0 Å². The molecular formula is C14H16BrNO3. The number of nitrogens with zero attached hydrogens (tertiary/aromatic N) is 1. The normalized spacial score (nSPS) is 15.9. The van der Waals surface area contributed by atoms with Gasteiger partial charge in [-0.1, -0.05) is 34.1 Å². The van der Waals surface area contributed by atoms with Crippen molar-refractivity contribution in [3.05, 3.63) is 34.3 Å². The Morgan fingerprint density at radius 1 is 1.42 bits per heavy atom. The number of hydrogen-bond acceptors (Lipinski definition) is 2. The summed E-state index contributed by atoms with van der Waals surface area (Å²) < 4.78 is 0.941. The maximum Gasteiger partial charge on any atom is 0.315 e. The first-order valence-electron chi connectivity index (χ1n) is 6.27. The van der Waals surface area contributed by atoms with Gasteiger partial charge in [0.15, 0.2) is 0 Å². The molecule has 1 aliphatic carbocycles. The molecule has 1 aromatic rings. The molecule has 1 aromatic carbocycles. The summed E-state index contributed by atoms with van der Waals surface area (Å²) in [5.41, 5.74) is 1.00. The fraction of sp³-hybridized carbons (Fsp3) is 0.429. The molecule has 0 aliphatic heterocycles. The summed E-state index contributed by atoms with van der Waals surface area (Å²) >= 11 is 3.46. The van der Waals surface area contributed by atoms with E-state index in [0.29, 0.717) is 6.54 Å². The Bertz CT molecular complexity index is 499. The highest BCUT2D eigenvalue weighted by atomic mass is 79.9. The van der Waals surface area contributed by atoms with Gasteiger partial charge in [0.2, 0.25) is 5.91 Å². The lowest BCUT2D eigenvalue weighted by atomic mass is 10.1. The second kappa shape index (κ2) is 5.74. The Balaban J connectivity index is 2.15. The lowest BCUT2D eigenvalue weighted by Gasteiger charge is -2.25. The van der Waals surface area contributed by atoms with E-state index in [1.54, 1.807) is 4.90 Å². The molecule has 1 fully saturated rings. The van der Waals surface area contributed by atoms with Crippen molar-refractivity contribution in [2.45, 2.75) is 32.4 Å². The second-order valence-corrected chi connectivity index (χ2v) is 5.70. The Kier molecular flexibility index (Phi) is 4.24. The lowest BCUT2D eigenvalue weighted by molar-refractivity contribution is -0.150. The van der Waals surface area contributed by atoms with Crippen molar-refractivity contribution < 1.29 is 14.7 Å². The summed E-state index contributed by atoms with van der Waals surface area (Å²) in [6.07, 6.45) is 1.92. The minimum absolute atomic E-state index is 0.196. The van der Waals surface area contributed by atoms with Crippen LogP contribution in [0.1, 0.15) is 25.3 Å². The third kappa shape index (κ3) is 3.35. The Morgan fingerprint density at radius 3 is 2.58 bits per heavy atom. The Labute approximate surface area is 120 Å². The van der Waals surface area contributed by atoms with Gasteiger partial charge in [-0.2, -0.15) is 0 Å². The molecule has 2 rings (SSSR count). The van der Waals surface area contributed by atoms with Gasteiger partial charge >= 0.3 is 5.97 Å². The van der Waals surface area contributed by atoms with E-state index < -0.39 is 11.9 Å².